The Morgan fingerprint density at radius 2 is 2.17 bits per heavy atom. The minimum absolute atomic E-state index is 0.301. The van der Waals surface area contributed by atoms with Crippen LogP contribution in [0.15, 0.2) is 33.2 Å². The van der Waals surface area contributed by atoms with Crippen molar-refractivity contribution in [2.45, 2.75) is 13.5 Å². The van der Waals surface area contributed by atoms with Gasteiger partial charge >= 0.3 is 0 Å². The molecule has 120 valence electrons. The summed E-state index contributed by atoms with van der Waals surface area (Å²) in [5.74, 6) is 0.473. The van der Waals surface area contributed by atoms with E-state index in [4.69, 9.17) is 4.42 Å². The fourth-order valence-electron chi connectivity index (χ4n) is 2.44. The highest BCUT2D eigenvalue weighted by atomic mass is 79.9. The molecule has 1 aromatic carbocycles. The molecule has 2 heterocycles. The van der Waals surface area contributed by atoms with Crippen LogP contribution in [0.3, 0.4) is 0 Å². The normalized spacial score (nSPS) is 11.3. The lowest BCUT2D eigenvalue weighted by atomic mass is 10.1. The summed E-state index contributed by atoms with van der Waals surface area (Å²) in [6.45, 7) is 2.59. The van der Waals surface area contributed by atoms with Gasteiger partial charge in [0.1, 0.15) is 5.58 Å². The predicted molar refractivity (Wildman–Crippen MR) is 92.6 cm³/mol. The third kappa shape index (κ3) is 3.30. The number of fused-ring (bicyclic) bond motifs is 1. The van der Waals surface area contributed by atoms with Gasteiger partial charge in [-0.05, 0) is 39.2 Å². The number of hydrogen-bond donors (Lipinski definition) is 2. The van der Waals surface area contributed by atoms with Crippen molar-refractivity contribution in [3.05, 3.63) is 45.8 Å². The number of carbonyl (C=O) groups excluding carboxylic acids is 1. The first-order valence-electron chi connectivity index (χ1n) is 7.13. The highest BCUT2D eigenvalue weighted by Crippen LogP contribution is 2.28. The van der Waals surface area contributed by atoms with Gasteiger partial charge in [0.25, 0.3) is 5.91 Å². The molecule has 6 nitrogen and oxygen atoms in total. The van der Waals surface area contributed by atoms with Crippen LogP contribution in [0.2, 0.25) is 0 Å². The van der Waals surface area contributed by atoms with E-state index < -0.39 is 0 Å². The van der Waals surface area contributed by atoms with Crippen LogP contribution in [0, 0.1) is 6.92 Å². The summed E-state index contributed by atoms with van der Waals surface area (Å²) in [6.07, 6.45) is 0. The third-order valence-electron chi connectivity index (χ3n) is 3.47. The lowest BCUT2D eigenvalue weighted by Gasteiger charge is -2.05. The second-order valence-corrected chi connectivity index (χ2v) is 6.58. The summed E-state index contributed by atoms with van der Waals surface area (Å²) in [5.41, 5.74) is 2.42. The SMILES string of the molecule is Cc1c(C(=O)Nc2cc(CN(C)C)[nH]n2)oc2cc(Br)ccc12. The zero-order valence-electron chi connectivity index (χ0n) is 13.1. The average molecular weight is 377 g/mol. The average Bonchev–Trinajstić information content (AvgIpc) is 3.03. The van der Waals surface area contributed by atoms with Crippen molar-refractivity contribution >= 4 is 38.6 Å². The van der Waals surface area contributed by atoms with Crippen molar-refractivity contribution in [1.29, 1.82) is 0 Å². The fraction of sp³-hybridized carbons (Fsp3) is 0.250. The molecule has 2 aromatic heterocycles. The first-order chi connectivity index (χ1) is 10.9. The van der Waals surface area contributed by atoms with Crippen LogP contribution >= 0.6 is 15.9 Å². The number of halogens is 1. The molecule has 0 radical (unpaired) electrons. The number of hydrogen-bond acceptors (Lipinski definition) is 4. The molecular formula is C16H17BrN4O2. The van der Waals surface area contributed by atoms with Crippen molar-refractivity contribution in [3.63, 3.8) is 0 Å². The number of rotatable bonds is 4. The zero-order valence-corrected chi connectivity index (χ0v) is 14.7. The number of H-pyrrole nitrogens is 1. The van der Waals surface area contributed by atoms with Crippen LogP contribution in [-0.4, -0.2) is 35.1 Å². The van der Waals surface area contributed by atoms with Gasteiger partial charge in [-0.25, -0.2) is 0 Å². The molecule has 3 aromatic rings. The lowest BCUT2D eigenvalue weighted by molar-refractivity contribution is 0.0997. The number of amides is 1. The number of furan rings is 1. The van der Waals surface area contributed by atoms with E-state index in [1.165, 1.54) is 0 Å². The van der Waals surface area contributed by atoms with E-state index in [9.17, 15) is 4.79 Å². The molecule has 0 saturated heterocycles. The van der Waals surface area contributed by atoms with E-state index in [1.807, 2.05) is 50.2 Å². The Labute approximate surface area is 142 Å². The van der Waals surface area contributed by atoms with E-state index >= 15 is 0 Å². The number of nitrogens with zero attached hydrogens (tertiary/aromatic N) is 2. The molecular weight excluding hydrogens is 360 g/mol. The Hall–Kier alpha value is -2.12. The molecule has 0 aliphatic carbocycles. The molecule has 0 spiro atoms. The number of carbonyl (C=O) groups is 1. The van der Waals surface area contributed by atoms with Gasteiger partial charge < -0.3 is 14.6 Å². The van der Waals surface area contributed by atoms with E-state index in [0.717, 1.165) is 27.7 Å². The highest BCUT2D eigenvalue weighted by Gasteiger charge is 2.18. The van der Waals surface area contributed by atoms with Crippen LogP contribution < -0.4 is 5.32 Å². The molecule has 1 amide bonds. The van der Waals surface area contributed by atoms with Crippen molar-refractivity contribution in [2.75, 3.05) is 19.4 Å². The van der Waals surface area contributed by atoms with Crippen molar-refractivity contribution in [1.82, 2.24) is 15.1 Å². The second kappa shape index (κ2) is 6.17. The largest absolute Gasteiger partial charge is 0.451 e. The first kappa shape index (κ1) is 15.8. The Morgan fingerprint density at radius 3 is 2.91 bits per heavy atom. The van der Waals surface area contributed by atoms with Crippen LogP contribution in [0.25, 0.3) is 11.0 Å². The van der Waals surface area contributed by atoms with E-state index in [1.54, 1.807) is 0 Å². The zero-order chi connectivity index (χ0) is 16.6. The van der Waals surface area contributed by atoms with Gasteiger partial charge in [0.2, 0.25) is 0 Å². The molecule has 23 heavy (non-hydrogen) atoms. The van der Waals surface area contributed by atoms with E-state index in [0.29, 0.717) is 17.2 Å². The molecule has 0 saturated carbocycles. The van der Waals surface area contributed by atoms with Gasteiger partial charge in [0.15, 0.2) is 11.6 Å². The Morgan fingerprint density at radius 1 is 1.39 bits per heavy atom. The number of aromatic nitrogens is 2. The molecule has 0 aliphatic heterocycles. The number of anilines is 1. The molecule has 0 unspecified atom stereocenters. The van der Waals surface area contributed by atoms with Gasteiger partial charge in [-0.3, -0.25) is 9.89 Å². The van der Waals surface area contributed by atoms with Gasteiger partial charge in [0, 0.05) is 28.0 Å². The summed E-state index contributed by atoms with van der Waals surface area (Å²) < 4.78 is 6.61. The first-order valence-corrected chi connectivity index (χ1v) is 7.92. The Kier molecular flexibility index (Phi) is 4.23. The van der Waals surface area contributed by atoms with Crippen molar-refractivity contribution in [2.24, 2.45) is 0 Å². The standard InChI is InChI=1S/C16H17BrN4O2/c1-9-12-5-4-10(17)6-13(12)23-15(9)16(22)18-14-7-11(19-20-14)8-21(2)3/h4-7H,8H2,1-3H3,(H2,18,19,20,22). The topological polar surface area (TPSA) is 74.2 Å². The van der Waals surface area contributed by atoms with Gasteiger partial charge in [-0.15, -0.1) is 0 Å². The van der Waals surface area contributed by atoms with E-state index in [-0.39, 0.29) is 5.91 Å². The molecule has 0 atom stereocenters. The predicted octanol–water partition coefficient (Wildman–Crippen LogP) is 3.54. The monoisotopic (exact) mass is 376 g/mol. The number of benzene rings is 1. The molecule has 0 aliphatic rings. The maximum Gasteiger partial charge on any atom is 0.292 e. The van der Waals surface area contributed by atoms with Crippen molar-refractivity contribution < 1.29 is 9.21 Å². The smallest absolute Gasteiger partial charge is 0.292 e. The maximum atomic E-state index is 12.4. The quantitative estimate of drug-likeness (QED) is 0.730. The number of aryl methyl sites for hydroxylation is 1. The third-order valence-corrected chi connectivity index (χ3v) is 3.96. The fourth-order valence-corrected chi connectivity index (χ4v) is 2.78. The van der Waals surface area contributed by atoms with Crippen LogP contribution in [0.5, 0.6) is 0 Å². The van der Waals surface area contributed by atoms with E-state index in [2.05, 4.69) is 31.4 Å². The molecule has 3 rings (SSSR count). The molecule has 0 bridgehead atoms. The number of nitrogens with one attached hydrogen (secondary N) is 2. The highest BCUT2D eigenvalue weighted by molar-refractivity contribution is 9.10. The van der Waals surface area contributed by atoms with Gasteiger partial charge in [-0.1, -0.05) is 15.9 Å². The minimum atomic E-state index is -0.308. The Bertz CT molecular complexity index is 866. The lowest BCUT2D eigenvalue weighted by Crippen LogP contribution is -2.12. The van der Waals surface area contributed by atoms with Crippen LogP contribution in [0.1, 0.15) is 21.8 Å². The molecule has 2 N–H and O–H groups in total. The maximum absolute atomic E-state index is 12.4. The Balaban J connectivity index is 1.83. The van der Waals surface area contributed by atoms with Crippen molar-refractivity contribution in [3.8, 4) is 0 Å². The van der Waals surface area contributed by atoms with Crippen LogP contribution in [-0.2, 0) is 6.54 Å². The number of aromatic amines is 1. The molecule has 7 heteroatoms. The summed E-state index contributed by atoms with van der Waals surface area (Å²) in [5, 5.41) is 10.7. The van der Waals surface area contributed by atoms with Crippen LogP contribution in [0.4, 0.5) is 5.82 Å². The summed E-state index contributed by atoms with van der Waals surface area (Å²) in [4.78, 5) is 14.5. The minimum Gasteiger partial charge on any atom is -0.451 e. The summed E-state index contributed by atoms with van der Waals surface area (Å²) in [6, 6.07) is 7.52. The summed E-state index contributed by atoms with van der Waals surface area (Å²) >= 11 is 3.40. The molecule has 0 fully saturated rings. The summed E-state index contributed by atoms with van der Waals surface area (Å²) in [7, 11) is 3.93. The van der Waals surface area contributed by atoms with Gasteiger partial charge in [0.05, 0.1) is 5.69 Å². The second-order valence-electron chi connectivity index (χ2n) is 5.67. The van der Waals surface area contributed by atoms with Gasteiger partial charge in [-0.2, -0.15) is 5.10 Å².